The topological polar surface area (TPSA) is 9.23 Å². The van der Waals surface area contributed by atoms with Gasteiger partial charge in [-0.1, -0.05) is 36.7 Å². The van der Waals surface area contributed by atoms with Gasteiger partial charge in [0.15, 0.2) is 11.6 Å². The van der Waals surface area contributed by atoms with E-state index in [0.29, 0.717) is 12.4 Å². The zero-order valence-electron chi connectivity index (χ0n) is 9.31. The minimum atomic E-state index is -0.313. The molecule has 0 aromatic heterocycles. The summed E-state index contributed by atoms with van der Waals surface area (Å²) in [5, 5.41) is 0. The van der Waals surface area contributed by atoms with Gasteiger partial charge in [0.05, 0.1) is 6.61 Å². The molecule has 0 amide bonds. The van der Waals surface area contributed by atoms with E-state index < -0.39 is 0 Å². The van der Waals surface area contributed by atoms with Crippen molar-refractivity contribution in [2.24, 2.45) is 5.41 Å². The van der Waals surface area contributed by atoms with Crippen LogP contribution in [-0.4, -0.2) is 6.61 Å². The lowest BCUT2D eigenvalue weighted by atomic mass is 9.93. The summed E-state index contributed by atoms with van der Waals surface area (Å²) < 4.78 is 19.5. The Morgan fingerprint density at radius 2 is 2.00 bits per heavy atom. The minimum absolute atomic E-state index is 0.211. The lowest BCUT2D eigenvalue weighted by molar-refractivity contribution is 0.235. The third kappa shape index (κ3) is 4.65. The van der Waals surface area contributed by atoms with Gasteiger partial charge in [0, 0.05) is 4.47 Å². The van der Waals surface area contributed by atoms with E-state index in [1.165, 1.54) is 6.07 Å². The molecule has 0 atom stereocenters. The second-order valence-corrected chi connectivity index (χ2v) is 5.65. The first-order chi connectivity index (χ1) is 6.88. The van der Waals surface area contributed by atoms with Gasteiger partial charge < -0.3 is 4.74 Å². The summed E-state index contributed by atoms with van der Waals surface area (Å²) in [6.45, 7) is 6.94. The standard InChI is InChI=1S/C12H16BrFO/c1-12(2,3)6-7-15-11-8-9(13)4-5-10(11)14/h4-5,8H,6-7H2,1-3H3. The molecule has 3 heteroatoms. The van der Waals surface area contributed by atoms with Crippen LogP contribution in [0, 0.1) is 11.2 Å². The maximum atomic E-state index is 13.2. The predicted octanol–water partition coefficient (Wildman–Crippen LogP) is 4.40. The molecule has 0 spiro atoms. The van der Waals surface area contributed by atoms with E-state index in [-0.39, 0.29) is 11.2 Å². The molecule has 0 aliphatic heterocycles. The van der Waals surface area contributed by atoms with E-state index in [2.05, 4.69) is 36.7 Å². The summed E-state index contributed by atoms with van der Waals surface area (Å²) in [6.07, 6.45) is 0.902. The van der Waals surface area contributed by atoms with Gasteiger partial charge >= 0.3 is 0 Å². The molecule has 84 valence electrons. The molecule has 1 rings (SSSR count). The first-order valence-electron chi connectivity index (χ1n) is 4.96. The van der Waals surface area contributed by atoms with Crippen LogP contribution in [0.15, 0.2) is 22.7 Å². The molecule has 1 nitrogen and oxygen atoms in total. The Hall–Kier alpha value is -0.570. The van der Waals surface area contributed by atoms with Gasteiger partial charge in [-0.25, -0.2) is 4.39 Å². The molecular weight excluding hydrogens is 259 g/mol. The number of hydrogen-bond acceptors (Lipinski definition) is 1. The molecule has 0 saturated carbocycles. The van der Waals surface area contributed by atoms with Crippen LogP contribution in [0.2, 0.25) is 0 Å². The Balaban J connectivity index is 2.54. The predicted molar refractivity (Wildman–Crippen MR) is 63.7 cm³/mol. The third-order valence-electron chi connectivity index (χ3n) is 2.00. The van der Waals surface area contributed by atoms with Gasteiger partial charge in [-0.2, -0.15) is 0 Å². The van der Waals surface area contributed by atoms with Crippen molar-refractivity contribution < 1.29 is 9.13 Å². The van der Waals surface area contributed by atoms with E-state index in [4.69, 9.17) is 4.74 Å². The molecule has 1 aromatic rings. The molecule has 0 aliphatic rings. The normalized spacial score (nSPS) is 11.5. The summed E-state index contributed by atoms with van der Waals surface area (Å²) in [5.74, 6) is 0.000680. The van der Waals surface area contributed by atoms with Crippen LogP contribution in [0.25, 0.3) is 0 Å². The van der Waals surface area contributed by atoms with Crippen LogP contribution in [0.4, 0.5) is 4.39 Å². The first-order valence-corrected chi connectivity index (χ1v) is 5.76. The lowest BCUT2D eigenvalue weighted by Gasteiger charge is -2.18. The molecule has 0 N–H and O–H groups in total. The van der Waals surface area contributed by atoms with Crippen molar-refractivity contribution in [1.82, 2.24) is 0 Å². The Bertz CT molecular complexity index is 331. The van der Waals surface area contributed by atoms with Crippen LogP contribution in [0.5, 0.6) is 5.75 Å². The molecule has 1 aromatic carbocycles. The highest BCUT2D eigenvalue weighted by Crippen LogP contribution is 2.24. The summed E-state index contributed by atoms with van der Waals surface area (Å²) in [4.78, 5) is 0. The number of rotatable bonds is 3. The van der Waals surface area contributed by atoms with Crippen molar-refractivity contribution >= 4 is 15.9 Å². The highest BCUT2D eigenvalue weighted by atomic mass is 79.9. The van der Waals surface area contributed by atoms with Crippen LogP contribution < -0.4 is 4.74 Å². The van der Waals surface area contributed by atoms with Gasteiger partial charge in [0.1, 0.15) is 0 Å². The molecule has 15 heavy (non-hydrogen) atoms. The second kappa shape index (κ2) is 4.97. The van der Waals surface area contributed by atoms with E-state index in [1.54, 1.807) is 12.1 Å². The highest BCUT2D eigenvalue weighted by Gasteiger charge is 2.11. The summed E-state index contributed by atoms with van der Waals surface area (Å²) in [5.41, 5.74) is 0.211. The lowest BCUT2D eigenvalue weighted by Crippen LogP contribution is -2.11. The van der Waals surface area contributed by atoms with Crippen LogP contribution in [-0.2, 0) is 0 Å². The fraction of sp³-hybridized carbons (Fsp3) is 0.500. The fourth-order valence-electron chi connectivity index (χ4n) is 1.05. The highest BCUT2D eigenvalue weighted by molar-refractivity contribution is 9.10. The van der Waals surface area contributed by atoms with Crippen molar-refractivity contribution in [3.8, 4) is 5.75 Å². The smallest absolute Gasteiger partial charge is 0.165 e. The van der Waals surface area contributed by atoms with Gasteiger partial charge in [0.25, 0.3) is 0 Å². The van der Waals surface area contributed by atoms with Gasteiger partial charge in [0.2, 0.25) is 0 Å². The quantitative estimate of drug-likeness (QED) is 0.794. The number of hydrogen-bond donors (Lipinski definition) is 0. The maximum absolute atomic E-state index is 13.2. The van der Waals surface area contributed by atoms with Crippen molar-refractivity contribution in [3.63, 3.8) is 0 Å². The number of ether oxygens (including phenoxy) is 1. The van der Waals surface area contributed by atoms with Gasteiger partial charge in [-0.15, -0.1) is 0 Å². The van der Waals surface area contributed by atoms with Crippen LogP contribution in [0.3, 0.4) is 0 Å². The second-order valence-electron chi connectivity index (χ2n) is 4.73. The molecule has 0 saturated heterocycles. The Morgan fingerprint density at radius 3 is 2.60 bits per heavy atom. The molecule has 0 unspecified atom stereocenters. The zero-order valence-corrected chi connectivity index (χ0v) is 10.9. The van der Waals surface area contributed by atoms with E-state index in [0.717, 1.165) is 10.9 Å². The van der Waals surface area contributed by atoms with E-state index >= 15 is 0 Å². The largest absolute Gasteiger partial charge is 0.490 e. The summed E-state index contributed by atoms with van der Waals surface area (Å²) >= 11 is 3.28. The Kier molecular flexibility index (Phi) is 4.14. The molecular formula is C12H16BrFO. The molecule has 0 fully saturated rings. The van der Waals surface area contributed by atoms with Crippen molar-refractivity contribution in [1.29, 1.82) is 0 Å². The fourth-order valence-corrected chi connectivity index (χ4v) is 1.40. The van der Waals surface area contributed by atoms with Crippen molar-refractivity contribution in [2.75, 3.05) is 6.61 Å². The van der Waals surface area contributed by atoms with E-state index in [9.17, 15) is 4.39 Å². The van der Waals surface area contributed by atoms with Crippen LogP contribution >= 0.6 is 15.9 Å². The van der Waals surface area contributed by atoms with E-state index in [1.807, 2.05) is 0 Å². The monoisotopic (exact) mass is 274 g/mol. The van der Waals surface area contributed by atoms with Gasteiger partial charge in [-0.05, 0) is 30.0 Å². The average molecular weight is 275 g/mol. The first kappa shape index (κ1) is 12.5. The molecule has 0 bridgehead atoms. The van der Waals surface area contributed by atoms with Gasteiger partial charge in [-0.3, -0.25) is 0 Å². The zero-order chi connectivity index (χ0) is 11.5. The Morgan fingerprint density at radius 1 is 1.33 bits per heavy atom. The third-order valence-corrected chi connectivity index (χ3v) is 2.50. The minimum Gasteiger partial charge on any atom is -0.490 e. The molecule has 0 radical (unpaired) electrons. The summed E-state index contributed by atoms with van der Waals surface area (Å²) in [7, 11) is 0. The van der Waals surface area contributed by atoms with Crippen molar-refractivity contribution in [3.05, 3.63) is 28.5 Å². The van der Waals surface area contributed by atoms with Crippen LogP contribution in [0.1, 0.15) is 27.2 Å². The number of halogens is 2. The molecule has 0 heterocycles. The summed E-state index contributed by atoms with van der Waals surface area (Å²) in [6, 6.07) is 4.71. The maximum Gasteiger partial charge on any atom is 0.165 e. The number of benzene rings is 1. The molecule has 0 aliphatic carbocycles. The Labute approximate surface area is 98.8 Å². The SMILES string of the molecule is CC(C)(C)CCOc1cc(Br)ccc1F. The van der Waals surface area contributed by atoms with Crippen molar-refractivity contribution in [2.45, 2.75) is 27.2 Å². The average Bonchev–Trinajstić information content (AvgIpc) is 2.09.